The number of hydrogen-bond acceptors (Lipinski definition) is 5. The van der Waals surface area contributed by atoms with E-state index in [9.17, 15) is 14.8 Å². The van der Waals surface area contributed by atoms with Gasteiger partial charge in [-0.25, -0.2) is 0 Å². The topological polar surface area (TPSA) is 76.0 Å². The molecule has 0 aromatic carbocycles. The van der Waals surface area contributed by atoms with E-state index in [2.05, 4.69) is 0 Å². The molecule has 18 heavy (non-hydrogen) atoms. The summed E-state index contributed by atoms with van der Waals surface area (Å²) >= 11 is 0. The molecule has 6 heteroatoms. The molecule has 2 fully saturated rings. The molecule has 0 amide bonds. The molecule has 0 heterocycles. The van der Waals surface area contributed by atoms with Crippen molar-refractivity contribution in [2.75, 3.05) is 0 Å². The molecule has 0 aromatic rings. The van der Waals surface area contributed by atoms with Crippen molar-refractivity contribution in [3.63, 3.8) is 0 Å². The van der Waals surface area contributed by atoms with Crippen molar-refractivity contribution < 1.29 is 23.8 Å². The van der Waals surface area contributed by atoms with Gasteiger partial charge in [-0.2, -0.15) is 0 Å². The summed E-state index contributed by atoms with van der Waals surface area (Å²) in [6, 6.07) is 0. The predicted molar refractivity (Wildman–Crippen MR) is 67.7 cm³/mol. The Morgan fingerprint density at radius 3 is 1.67 bits per heavy atom. The van der Waals surface area contributed by atoms with Crippen molar-refractivity contribution >= 4 is 8.25 Å². The Labute approximate surface area is 108 Å². The van der Waals surface area contributed by atoms with Crippen molar-refractivity contribution in [2.24, 2.45) is 0 Å². The number of aliphatic hydroxyl groups excluding tert-OH is 2. The van der Waals surface area contributed by atoms with Crippen LogP contribution < -0.4 is 0 Å². The summed E-state index contributed by atoms with van der Waals surface area (Å²) in [6.07, 6.45) is 5.22. The zero-order chi connectivity index (χ0) is 13.0. The van der Waals surface area contributed by atoms with Crippen LogP contribution >= 0.6 is 8.25 Å². The molecule has 2 N–H and O–H groups in total. The quantitative estimate of drug-likeness (QED) is 0.769. The monoisotopic (exact) mass is 278 g/mol. The third-order valence-electron chi connectivity index (χ3n) is 3.72. The molecule has 0 spiro atoms. The first-order chi connectivity index (χ1) is 8.63. The lowest BCUT2D eigenvalue weighted by Gasteiger charge is -2.28. The molecule has 2 rings (SSSR count). The molecule has 4 atom stereocenters. The van der Waals surface area contributed by atoms with Gasteiger partial charge in [-0.3, -0.25) is 4.57 Å². The van der Waals surface area contributed by atoms with E-state index in [1.807, 2.05) is 0 Å². The minimum atomic E-state index is -2.51. The summed E-state index contributed by atoms with van der Waals surface area (Å²) in [7, 11) is -2.51. The minimum Gasteiger partial charge on any atom is -0.393 e. The van der Waals surface area contributed by atoms with Gasteiger partial charge in [0.1, 0.15) is 0 Å². The highest BCUT2D eigenvalue weighted by atomic mass is 31.1. The Hall–Kier alpha value is 0.0700. The lowest BCUT2D eigenvalue weighted by molar-refractivity contribution is 0.0245. The second kappa shape index (κ2) is 7.01. The van der Waals surface area contributed by atoms with Crippen LogP contribution in [0.4, 0.5) is 0 Å². The van der Waals surface area contributed by atoms with Crippen molar-refractivity contribution in [3.8, 4) is 0 Å². The zero-order valence-corrected chi connectivity index (χ0v) is 11.6. The molecule has 5 nitrogen and oxygen atoms in total. The fourth-order valence-electron chi connectivity index (χ4n) is 2.75. The van der Waals surface area contributed by atoms with Gasteiger partial charge < -0.3 is 19.3 Å². The molecule has 106 valence electrons. The van der Waals surface area contributed by atoms with Crippen molar-refractivity contribution in [1.29, 1.82) is 0 Å². The Balaban J connectivity index is 1.71. The molecular formula is C12H23O5P. The normalized spacial score (nSPS) is 39.4. The highest BCUT2D eigenvalue weighted by molar-refractivity contribution is 7.33. The van der Waals surface area contributed by atoms with Crippen LogP contribution in [0.5, 0.6) is 0 Å². The predicted octanol–water partition coefficient (Wildman–Crippen LogP) is 2.02. The van der Waals surface area contributed by atoms with Gasteiger partial charge in [-0.05, 0) is 38.5 Å². The summed E-state index contributed by atoms with van der Waals surface area (Å²) in [5.74, 6) is 0. The van der Waals surface area contributed by atoms with Crippen LogP contribution in [0.1, 0.15) is 51.4 Å². The Morgan fingerprint density at radius 2 is 1.28 bits per heavy atom. The average Bonchev–Trinajstić information content (AvgIpc) is 2.28. The molecule has 0 aliphatic heterocycles. The van der Waals surface area contributed by atoms with E-state index in [0.29, 0.717) is 12.8 Å². The molecule has 0 aromatic heterocycles. The van der Waals surface area contributed by atoms with Gasteiger partial charge in [0.05, 0.1) is 24.4 Å². The zero-order valence-electron chi connectivity index (χ0n) is 10.6. The maximum Gasteiger partial charge on any atom is 0.319 e. The lowest BCUT2D eigenvalue weighted by atomic mass is 9.95. The fourth-order valence-corrected chi connectivity index (χ4v) is 3.78. The van der Waals surface area contributed by atoms with Gasteiger partial charge in [0.25, 0.3) is 0 Å². The van der Waals surface area contributed by atoms with E-state index < -0.39 is 8.25 Å². The number of hydrogen-bond donors (Lipinski definition) is 2. The fraction of sp³-hybridized carbons (Fsp3) is 1.00. The average molecular weight is 278 g/mol. The largest absolute Gasteiger partial charge is 0.393 e. The third-order valence-corrected chi connectivity index (χ3v) is 4.77. The molecule has 0 bridgehead atoms. The molecule has 4 unspecified atom stereocenters. The van der Waals surface area contributed by atoms with E-state index in [0.717, 1.165) is 38.5 Å². The van der Waals surface area contributed by atoms with Gasteiger partial charge >= 0.3 is 8.25 Å². The van der Waals surface area contributed by atoms with Gasteiger partial charge in [0, 0.05) is 12.8 Å². The molecule has 2 aliphatic carbocycles. The highest BCUT2D eigenvalue weighted by Crippen LogP contribution is 2.36. The second-order valence-electron chi connectivity index (χ2n) is 5.37. The highest BCUT2D eigenvalue weighted by Gasteiger charge is 2.26. The third kappa shape index (κ3) is 4.63. The minimum absolute atomic E-state index is 0.145. The van der Waals surface area contributed by atoms with E-state index >= 15 is 0 Å². The summed E-state index contributed by atoms with van der Waals surface area (Å²) in [5, 5.41) is 19.0. The number of rotatable bonds is 4. The summed E-state index contributed by atoms with van der Waals surface area (Å²) in [4.78, 5) is 0. The Bertz CT molecular complexity index is 260. The first-order valence-electron chi connectivity index (χ1n) is 6.87. The van der Waals surface area contributed by atoms with E-state index in [4.69, 9.17) is 9.05 Å². The second-order valence-corrected chi connectivity index (χ2v) is 6.34. The maximum atomic E-state index is 11.8. The van der Waals surface area contributed by atoms with E-state index in [-0.39, 0.29) is 24.4 Å². The van der Waals surface area contributed by atoms with Crippen LogP contribution in [0.15, 0.2) is 0 Å². The van der Waals surface area contributed by atoms with E-state index in [1.54, 1.807) is 0 Å². The maximum absolute atomic E-state index is 11.8. The van der Waals surface area contributed by atoms with Gasteiger partial charge in [0.15, 0.2) is 0 Å². The van der Waals surface area contributed by atoms with Gasteiger partial charge in [-0.1, -0.05) is 0 Å². The van der Waals surface area contributed by atoms with Crippen LogP contribution in [0.2, 0.25) is 0 Å². The standard InChI is InChI=1S/C12H23O5P/c13-9-3-1-5-11(7-9)16-18(15)17-12-6-2-4-10(14)8-12/h9-14,18H,1-8H2. The molecule has 0 saturated heterocycles. The van der Waals surface area contributed by atoms with Crippen LogP contribution in [0.25, 0.3) is 0 Å². The van der Waals surface area contributed by atoms with Crippen LogP contribution in [-0.2, 0) is 13.6 Å². The van der Waals surface area contributed by atoms with Crippen molar-refractivity contribution in [3.05, 3.63) is 0 Å². The summed E-state index contributed by atoms with van der Waals surface area (Å²) in [5.41, 5.74) is 0. The lowest BCUT2D eigenvalue weighted by Crippen LogP contribution is -2.26. The van der Waals surface area contributed by atoms with Gasteiger partial charge in [0.2, 0.25) is 0 Å². The summed E-state index contributed by atoms with van der Waals surface area (Å²) in [6.45, 7) is 0. The van der Waals surface area contributed by atoms with Crippen LogP contribution in [-0.4, -0.2) is 34.6 Å². The SMILES string of the molecule is O=[PH](OC1CCCC(O)C1)OC1CCCC(O)C1. The van der Waals surface area contributed by atoms with Crippen molar-refractivity contribution in [2.45, 2.75) is 75.8 Å². The van der Waals surface area contributed by atoms with Gasteiger partial charge in [-0.15, -0.1) is 0 Å². The molecule has 2 aliphatic rings. The first-order valence-corrected chi connectivity index (χ1v) is 8.09. The number of aliphatic hydroxyl groups is 2. The van der Waals surface area contributed by atoms with Crippen molar-refractivity contribution in [1.82, 2.24) is 0 Å². The van der Waals surface area contributed by atoms with Crippen LogP contribution in [0.3, 0.4) is 0 Å². The molecule has 2 saturated carbocycles. The van der Waals surface area contributed by atoms with Crippen LogP contribution in [0, 0.1) is 0 Å². The first kappa shape index (κ1) is 14.5. The molecular weight excluding hydrogens is 255 g/mol. The smallest absolute Gasteiger partial charge is 0.319 e. The Morgan fingerprint density at radius 1 is 0.833 bits per heavy atom. The Kier molecular flexibility index (Phi) is 5.64. The summed E-state index contributed by atoms with van der Waals surface area (Å²) < 4.78 is 22.5. The van der Waals surface area contributed by atoms with E-state index in [1.165, 1.54) is 0 Å². The molecule has 0 radical (unpaired) electrons.